The summed E-state index contributed by atoms with van der Waals surface area (Å²) < 4.78 is 5.95. The number of aromatic amines is 1. The van der Waals surface area contributed by atoms with Crippen LogP contribution in [0.2, 0.25) is 0 Å². The van der Waals surface area contributed by atoms with Gasteiger partial charge < -0.3 is 35.7 Å². The summed E-state index contributed by atoms with van der Waals surface area (Å²) in [6.45, 7) is 4.09. The number of carbonyl (C=O) groups excluding carboxylic acids is 2. The van der Waals surface area contributed by atoms with Crippen LogP contribution in [0.15, 0.2) is 150 Å². The second-order valence-corrected chi connectivity index (χ2v) is 17.6. The van der Waals surface area contributed by atoms with E-state index in [-0.39, 0.29) is 48.2 Å². The van der Waals surface area contributed by atoms with Gasteiger partial charge in [0, 0.05) is 46.4 Å². The molecule has 8 rings (SSSR count). The molecule has 1 saturated heterocycles. The molecule has 1 aliphatic rings. The van der Waals surface area contributed by atoms with Gasteiger partial charge in [0.15, 0.2) is 0 Å². The van der Waals surface area contributed by atoms with Gasteiger partial charge in [0.1, 0.15) is 5.75 Å². The first kappa shape index (κ1) is 44.2. The van der Waals surface area contributed by atoms with Crippen molar-refractivity contribution >= 4 is 34.1 Å². The van der Waals surface area contributed by atoms with Crippen LogP contribution >= 0.6 is 11.3 Å². The van der Waals surface area contributed by atoms with Gasteiger partial charge in [-0.25, -0.2) is 4.79 Å². The van der Waals surface area contributed by atoms with E-state index in [1.165, 1.54) is 29.0 Å². The Hall–Kier alpha value is -6.41. The van der Waals surface area contributed by atoms with Crippen LogP contribution in [0.5, 0.6) is 5.75 Å². The number of piperidine rings is 1. The number of benzene rings is 5. The van der Waals surface area contributed by atoms with Gasteiger partial charge in [-0.2, -0.15) is 0 Å². The lowest BCUT2D eigenvalue weighted by Crippen LogP contribution is -2.40. The number of phenols is 1. The van der Waals surface area contributed by atoms with Crippen LogP contribution in [-0.2, 0) is 46.0 Å². The zero-order chi connectivity index (χ0) is 44.5. The molecule has 0 spiro atoms. The third-order valence-corrected chi connectivity index (χ3v) is 13.0. The fourth-order valence-electron chi connectivity index (χ4n) is 8.28. The number of hydrogen-bond donors (Lipinski definition) is 6. The van der Waals surface area contributed by atoms with Crippen molar-refractivity contribution in [3.05, 3.63) is 194 Å². The molecule has 7 aromatic rings. The molecule has 2 aromatic heterocycles. The minimum absolute atomic E-state index is 0.0580. The standard InChI is InChI=1S/C52H52N4O7S/c57-45-21-19-43(44-20-23-48(59)55-50(44)45)46(58)32-53-30-36-16-14-35(15-17-36)28-49(60)54-31-42-18-22-47(64-42)39-10-7-13-41(29-39)52(62,40-11-5-2-6-12-40)51(61)63-34-38-24-26-56(27-25-38)33-37-8-3-1-4-9-37/h1-23,29,38,46,53,57-58,62H,24-28,30-34H2,(H,54,60)(H,55,59). The molecule has 1 fully saturated rings. The van der Waals surface area contributed by atoms with E-state index >= 15 is 0 Å². The highest BCUT2D eigenvalue weighted by Gasteiger charge is 2.42. The highest BCUT2D eigenvalue weighted by atomic mass is 32.1. The normalized spacial score (nSPS) is 14.8. The van der Waals surface area contributed by atoms with E-state index in [1.54, 1.807) is 42.5 Å². The second-order valence-electron chi connectivity index (χ2n) is 16.4. The summed E-state index contributed by atoms with van der Waals surface area (Å²) in [5.74, 6) is -0.651. The summed E-state index contributed by atoms with van der Waals surface area (Å²) in [7, 11) is 0. The molecule has 64 heavy (non-hydrogen) atoms. The van der Waals surface area contributed by atoms with Crippen LogP contribution in [0.1, 0.15) is 57.2 Å². The minimum Gasteiger partial charge on any atom is -0.506 e. The number of rotatable bonds is 17. The number of aliphatic hydroxyl groups excluding tert-OH is 1. The van der Waals surface area contributed by atoms with Crippen molar-refractivity contribution in [1.29, 1.82) is 0 Å². The maximum Gasteiger partial charge on any atom is 0.347 e. The molecule has 12 heteroatoms. The van der Waals surface area contributed by atoms with Crippen molar-refractivity contribution in [1.82, 2.24) is 20.5 Å². The van der Waals surface area contributed by atoms with Gasteiger partial charge in [-0.05, 0) is 95.6 Å². The van der Waals surface area contributed by atoms with Crippen LogP contribution in [0.25, 0.3) is 21.3 Å². The molecule has 2 unspecified atom stereocenters. The Labute approximate surface area is 376 Å². The topological polar surface area (TPSA) is 164 Å². The molecule has 3 heterocycles. The summed E-state index contributed by atoms with van der Waals surface area (Å²) in [5.41, 5.74) is 3.37. The van der Waals surface area contributed by atoms with Crippen LogP contribution < -0.4 is 16.2 Å². The van der Waals surface area contributed by atoms with Gasteiger partial charge in [-0.15, -0.1) is 11.3 Å². The monoisotopic (exact) mass is 876 g/mol. The number of likely N-dealkylation sites (tertiary alicyclic amines) is 1. The third kappa shape index (κ3) is 10.7. The average Bonchev–Trinajstić information content (AvgIpc) is 3.81. The number of aromatic nitrogens is 1. The van der Waals surface area contributed by atoms with Gasteiger partial charge in [-0.1, -0.05) is 109 Å². The highest BCUT2D eigenvalue weighted by Crippen LogP contribution is 2.36. The predicted molar refractivity (Wildman–Crippen MR) is 249 cm³/mol. The average molecular weight is 877 g/mol. The number of nitrogens with one attached hydrogen (secondary N) is 3. The van der Waals surface area contributed by atoms with E-state index in [1.807, 2.05) is 66.7 Å². The fourth-order valence-corrected chi connectivity index (χ4v) is 9.22. The number of fused-ring (bicyclic) bond motifs is 1. The fraction of sp³-hybridized carbons (Fsp3) is 0.250. The third-order valence-electron chi connectivity index (χ3n) is 11.9. The van der Waals surface area contributed by atoms with Crippen molar-refractivity contribution in [3.8, 4) is 16.2 Å². The number of aromatic hydroxyl groups is 1. The Morgan fingerprint density at radius 2 is 1.52 bits per heavy atom. The maximum atomic E-state index is 14.0. The maximum absolute atomic E-state index is 14.0. The number of esters is 1. The molecule has 6 N–H and O–H groups in total. The first-order valence-electron chi connectivity index (χ1n) is 21.6. The molecule has 5 aromatic carbocycles. The first-order valence-corrected chi connectivity index (χ1v) is 22.4. The summed E-state index contributed by atoms with van der Waals surface area (Å²) in [4.78, 5) is 45.6. The Bertz CT molecular complexity index is 2730. The molecule has 0 aliphatic carbocycles. The van der Waals surface area contributed by atoms with E-state index < -0.39 is 17.7 Å². The summed E-state index contributed by atoms with van der Waals surface area (Å²) >= 11 is 1.53. The summed E-state index contributed by atoms with van der Waals surface area (Å²) in [6, 6.07) is 44.5. The number of pyridine rings is 1. The molecule has 11 nitrogen and oxygen atoms in total. The van der Waals surface area contributed by atoms with Crippen LogP contribution in [0.3, 0.4) is 0 Å². The molecule has 328 valence electrons. The largest absolute Gasteiger partial charge is 0.506 e. The Morgan fingerprint density at radius 1 is 0.797 bits per heavy atom. The summed E-state index contributed by atoms with van der Waals surface area (Å²) in [6.07, 6.45) is 1.17. The second kappa shape index (κ2) is 20.4. The molecular formula is C52H52N4O7S. The number of hydrogen-bond acceptors (Lipinski definition) is 10. The lowest BCUT2D eigenvalue weighted by atomic mass is 9.85. The van der Waals surface area contributed by atoms with E-state index in [2.05, 4.69) is 44.8 Å². The number of carbonyl (C=O) groups is 2. The van der Waals surface area contributed by atoms with Crippen molar-refractivity contribution < 1.29 is 29.6 Å². The van der Waals surface area contributed by atoms with Crippen LogP contribution in [-0.4, -0.2) is 63.3 Å². The SMILES string of the molecule is O=C(Cc1ccc(CNCC(O)c2ccc(O)c3[nH]c(=O)ccc23)cc1)NCc1ccc(-c2cccc(C(O)(C(=O)OCC3CCN(Cc4ccccc4)CC3)c3ccccc3)c2)s1. The van der Waals surface area contributed by atoms with Crippen molar-refractivity contribution in [2.75, 3.05) is 26.2 Å². The number of aliphatic hydroxyl groups is 2. The number of H-pyrrole nitrogens is 1. The van der Waals surface area contributed by atoms with E-state index in [0.29, 0.717) is 35.2 Å². The van der Waals surface area contributed by atoms with Gasteiger partial charge >= 0.3 is 5.97 Å². The number of thiophene rings is 1. The number of nitrogens with zero attached hydrogens (tertiary/aromatic N) is 1. The van der Waals surface area contributed by atoms with E-state index in [9.17, 15) is 29.7 Å². The zero-order valence-electron chi connectivity index (χ0n) is 35.4. The van der Waals surface area contributed by atoms with Crippen molar-refractivity contribution in [2.24, 2.45) is 5.92 Å². The van der Waals surface area contributed by atoms with Crippen molar-refractivity contribution in [2.45, 2.75) is 50.6 Å². The smallest absolute Gasteiger partial charge is 0.347 e. The van der Waals surface area contributed by atoms with Gasteiger partial charge in [-0.3, -0.25) is 14.5 Å². The quantitative estimate of drug-likeness (QED) is 0.0514. The minimum atomic E-state index is -2.01. The van der Waals surface area contributed by atoms with Crippen LogP contribution in [0, 0.1) is 5.92 Å². The Balaban J connectivity index is 0.827. The molecular weight excluding hydrogens is 825 g/mol. The molecule has 1 aliphatic heterocycles. The first-order chi connectivity index (χ1) is 31.1. The zero-order valence-corrected chi connectivity index (χ0v) is 36.2. The lowest BCUT2D eigenvalue weighted by molar-refractivity contribution is -0.164. The highest BCUT2D eigenvalue weighted by molar-refractivity contribution is 7.15. The lowest BCUT2D eigenvalue weighted by Gasteiger charge is -2.33. The predicted octanol–water partition coefficient (Wildman–Crippen LogP) is 7.34. The van der Waals surface area contributed by atoms with E-state index in [0.717, 1.165) is 58.9 Å². The van der Waals surface area contributed by atoms with Crippen LogP contribution in [0.4, 0.5) is 0 Å². The van der Waals surface area contributed by atoms with Gasteiger partial charge in [0.2, 0.25) is 17.1 Å². The van der Waals surface area contributed by atoms with Gasteiger partial charge in [0.25, 0.3) is 0 Å². The molecule has 0 bridgehead atoms. The number of phenolic OH excluding ortho intramolecular Hbond substituents is 1. The summed E-state index contributed by atoms with van der Waals surface area (Å²) in [5, 5.41) is 40.2. The van der Waals surface area contributed by atoms with Crippen molar-refractivity contribution in [3.63, 3.8) is 0 Å². The molecule has 0 saturated carbocycles. The van der Waals surface area contributed by atoms with Gasteiger partial charge in [0.05, 0.1) is 31.2 Å². The Morgan fingerprint density at radius 3 is 2.28 bits per heavy atom. The number of ether oxygens (including phenoxy) is 1. The molecule has 2 atom stereocenters. The molecule has 0 radical (unpaired) electrons. The van der Waals surface area contributed by atoms with E-state index in [4.69, 9.17) is 4.74 Å². The number of amides is 1. The Kier molecular flexibility index (Phi) is 14.1. The molecule has 1 amide bonds.